The van der Waals surface area contributed by atoms with Gasteiger partial charge in [0.2, 0.25) is 0 Å². The highest BCUT2D eigenvalue weighted by Gasteiger charge is 2.18. The Kier molecular flexibility index (Phi) is 4.30. The molecule has 0 fully saturated rings. The largest absolute Gasteiger partial charge is 0.461 e. The van der Waals surface area contributed by atoms with Crippen LogP contribution in [0.4, 0.5) is 0 Å². The normalized spacial score (nSPS) is 10.3. The highest BCUT2D eigenvalue weighted by Crippen LogP contribution is 2.17. The summed E-state index contributed by atoms with van der Waals surface area (Å²) in [5.74, 6) is -0.581. The molecule has 0 saturated carbocycles. The average molecular weight is 272 g/mol. The van der Waals surface area contributed by atoms with Gasteiger partial charge in [-0.1, -0.05) is 25.1 Å². The molecule has 2 aromatic rings. The minimum atomic E-state index is -0.581. The Balaban J connectivity index is 2.48. The monoisotopic (exact) mass is 272 g/mol. The molecule has 0 spiro atoms. The third kappa shape index (κ3) is 2.61. The van der Waals surface area contributed by atoms with Crippen LogP contribution in [0, 0.1) is 0 Å². The van der Waals surface area contributed by atoms with Gasteiger partial charge >= 0.3 is 5.97 Å². The van der Waals surface area contributed by atoms with Gasteiger partial charge in [-0.2, -0.15) is 5.10 Å². The highest BCUT2D eigenvalue weighted by molar-refractivity contribution is 5.96. The molecule has 0 N–H and O–H groups in total. The molecule has 0 atom stereocenters. The van der Waals surface area contributed by atoms with Crippen LogP contribution in [0.1, 0.15) is 40.3 Å². The van der Waals surface area contributed by atoms with E-state index in [-0.39, 0.29) is 17.9 Å². The van der Waals surface area contributed by atoms with Crippen molar-refractivity contribution >= 4 is 12.3 Å². The second-order valence-corrected chi connectivity index (χ2v) is 4.20. The summed E-state index contributed by atoms with van der Waals surface area (Å²) >= 11 is 0. The van der Waals surface area contributed by atoms with Crippen LogP contribution in [-0.2, 0) is 11.2 Å². The quantitative estimate of drug-likeness (QED) is 0.619. The summed E-state index contributed by atoms with van der Waals surface area (Å²) in [6, 6.07) is 7.72. The van der Waals surface area contributed by atoms with E-state index >= 15 is 0 Å². The number of nitrogens with zero attached hydrogens (tertiary/aromatic N) is 2. The van der Waals surface area contributed by atoms with Crippen molar-refractivity contribution in [1.29, 1.82) is 0 Å². The Morgan fingerprint density at radius 3 is 2.75 bits per heavy atom. The van der Waals surface area contributed by atoms with E-state index in [4.69, 9.17) is 4.74 Å². The smallest absolute Gasteiger partial charge is 0.359 e. The summed E-state index contributed by atoms with van der Waals surface area (Å²) < 4.78 is 6.45. The maximum absolute atomic E-state index is 11.8. The van der Waals surface area contributed by atoms with Crippen molar-refractivity contribution in [2.24, 2.45) is 0 Å². The molecule has 5 nitrogen and oxygen atoms in total. The summed E-state index contributed by atoms with van der Waals surface area (Å²) in [6.45, 7) is 3.99. The van der Waals surface area contributed by atoms with Crippen molar-refractivity contribution in [3.8, 4) is 5.69 Å². The maximum atomic E-state index is 11.8. The van der Waals surface area contributed by atoms with Gasteiger partial charge in [-0.3, -0.25) is 4.79 Å². The molecule has 0 amide bonds. The fraction of sp³-hybridized carbons (Fsp3) is 0.267. The Morgan fingerprint density at radius 2 is 2.10 bits per heavy atom. The molecule has 0 radical (unpaired) electrons. The van der Waals surface area contributed by atoms with Crippen LogP contribution < -0.4 is 0 Å². The molecule has 20 heavy (non-hydrogen) atoms. The van der Waals surface area contributed by atoms with Crippen LogP contribution in [0.15, 0.2) is 30.5 Å². The van der Waals surface area contributed by atoms with Crippen LogP contribution in [0.3, 0.4) is 0 Å². The van der Waals surface area contributed by atoms with E-state index < -0.39 is 5.97 Å². The number of esters is 1. The fourth-order valence-electron chi connectivity index (χ4n) is 1.99. The number of para-hydroxylation sites is 1. The average Bonchev–Trinajstić information content (AvgIpc) is 2.91. The zero-order valence-corrected chi connectivity index (χ0v) is 11.5. The Bertz CT molecular complexity index is 632. The van der Waals surface area contributed by atoms with E-state index in [1.807, 2.05) is 31.2 Å². The lowest BCUT2D eigenvalue weighted by atomic mass is 10.1. The zero-order chi connectivity index (χ0) is 14.5. The van der Waals surface area contributed by atoms with E-state index in [1.165, 1.54) is 0 Å². The van der Waals surface area contributed by atoms with Gasteiger partial charge in [0.25, 0.3) is 0 Å². The first-order valence-electron chi connectivity index (χ1n) is 6.51. The first kappa shape index (κ1) is 14.0. The van der Waals surface area contributed by atoms with Gasteiger partial charge in [-0.25, -0.2) is 9.48 Å². The molecular weight excluding hydrogens is 256 g/mol. The Hall–Kier alpha value is -2.43. The Labute approximate surface area is 117 Å². The lowest BCUT2D eigenvalue weighted by Gasteiger charge is -2.06. The number of carbonyl (C=O) groups excluding carboxylic acids is 2. The second kappa shape index (κ2) is 6.14. The summed E-state index contributed by atoms with van der Waals surface area (Å²) in [5, 5.41) is 4.19. The van der Waals surface area contributed by atoms with Crippen LogP contribution >= 0.6 is 0 Å². The molecular formula is C15H16N2O3. The highest BCUT2D eigenvalue weighted by atomic mass is 16.5. The summed E-state index contributed by atoms with van der Waals surface area (Å²) in [4.78, 5) is 22.8. The molecule has 5 heteroatoms. The standard InChI is InChI=1S/C15H16N2O3/c1-3-11-7-5-6-8-13(11)17-9-12(10-18)14(16-17)15(19)20-4-2/h5-10H,3-4H2,1-2H3. The fourth-order valence-corrected chi connectivity index (χ4v) is 1.99. The lowest BCUT2D eigenvalue weighted by molar-refractivity contribution is 0.0517. The number of aryl methyl sites for hydroxylation is 1. The first-order valence-corrected chi connectivity index (χ1v) is 6.51. The number of ether oxygens (including phenoxy) is 1. The van der Waals surface area contributed by atoms with Gasteiger partial charge < -0.3 is 4.74 Å². The van der Waals surface area contributed by atoms with E-state index in [0.717, 1.165) is 17.7 Å². The van der Waals surface area contributed by atoms with Crippen molar-refractivity contribution < 1.29 is 14.3 Å². The van der Waals surface area contributed by atoms with Gasteiger partial charge in [-0.15, -0.1) is 0 Å². The third-order valence-corrected chi connectivity index (χ3v) is 2.96. The van der Waals surface area contributed by atoms with Gasteiger partial charge in [-0.05, 0) is 25.0 Å². The molecule has 0 saturated heterocycles. The van der Waals surface area contributed by atoms with Crippen molar-refractivity contribution in [2.75, 3.05) is 6.61 Å². The minimum Gasteiger partial charge on any atom is -0.461 e. The van der Waals surface area contributed by atoms with Crippen molar-refractivity contribution in [1.82, 2.24) is 9.78 Å². The third-order valence-electron chi connectivity index (χ3n) is 2.96. The molecule has 104 valence electrons. The van der Waals surface area contributed by atoms with Crippen molar-refractivity contribution in [3.63, 3.8) is 0 Å². The molecule has 2 rings (SSSR count). The molecule has 1 heterocycles. The number of benzene rings is 1. The molecule has 0 aliphatic rings. The number of hydrogen-bond acceptors (Lipinski definition) is 4. The van der Waals surface area contributed by atoms with Crippen LogP contribution in [-0.4, -0.2) is 28.6 Å². The zero-order valence-electron chi connectivity index (χ0n) is 11.5. The maximum Gasteiger partial charge on any atom is 0.359 e. The molecule has 0 aliphatic heterocycles. The van der Waals surface area contributed by atoms with Crippen molar-refractivity contribution in [2.45, 2.75) is 20.3 Å². The predicted molar refractivity (Wildman–Crippen MR) is 74.3 cm³/mol. The van der Waals surface area contributed by atoms with Gasteiger partial charge in [0.1, 0.15) is 0 Å². The summed E-state index contributed by atoms with van der Waals surface area (Å²) in [5.41, 5.74) is 2.22. The topological polar surface area (TPSA) is 61.2 Å². The number of hydrogen-bond donors (Lipinski definition) is 0. The number of aldehydes is 1. The molecule has 0 aliphatic carbocycles. The number of rotatable bonds is 5. The van der Waals surface area contributed by atoms with Crippen molar-refractivity contribution in [3.05, 3.63) is 47.3 Å². The predicted octanol–water partition coefficient (Wildman–Crippen LogP) is 2.42. The summed E-state index contributed by atoms with van der Waals surface area (Å²) in [7, 11) is 0. The van der Waals surface area contributed by atoms with Crippen LogP contribution in [0.2, 0.25) is 0 Å². The van der Waals surface area contributed by atoms with Crippen LogP contribution in [0.5, 0.6) is 0 Å². The Morgan fingerprint density at radius 1 is 1.35 bits per heavy atom. The molecule has 1 aromatic heterocycles. The number of aromatic nitrogens is 2. The molecule has 0 unspecified atom stereocenters. The second-order valence-electron chi connectivity index (χ2n) is 4.20. The molecule has 1 aromatic carbocycles. The lowest BCUT2D eigenvalue weighted by Crippen LogP contribution is -2.08. The molecule has 0 bridgehead atoms. The van der Waals surface area contributed by atoms with Crippen LogP contribution in [0.25, 0.3) is 5.69 Å². The first-order chi connectivity index (χ1) is 9.71. The SMILES string of the molecule is CCOC(=O)c1nn(-c2ccccc2CC)cc1C=O. The van der Waals surface area contributed by atoms with Gasteiger partial charge in [0, 0.05) is 6.20 Å². The minimum absolute atomic E-state index is 0.0488. The number of carbonyl (C=O) groups is 2. The summed E-state index contributed by atoms with van der Waals surface area (Å²) in [6.07, 6.45) is 3.00. The van der Waals surface area contributed by atoms with E-state index in [1.54, 1.807) is 17.8 Å². The van der Waals surface area contributed by atoms with Gasteiger partial charge in [0.05, 0.1) is 17.9 Å². The van der Waals surface area contributed by atoms with E-state index in [9.17, 15) is 9.59 Å². The van der Waals surface area contributed by atoms with E-state index in [0.29, 0.717) is 6.29 Å². The van der Waals surface area contributed by atoms with E-state index in [2.05, 4.69) is 5.10 Å². The van der Waals surface area contributed by atoms with Gasteiger partial charge in [0.15, 0.2) is 12.0 Å².